The number of rotatable bonds is 4. The Bertz CT molecular complexity index is 1050. The average molecular weight is 435 g/mol. The lowest BCUT2D eigenvalue weighted by molar-refractivity contribution is 0.102. The molecule has 1 N–H and O–H groups in total. The largest absolute Gasteiger partial charge is 0.486 e. The van der Waals surface area contributed by atoms with Crippen LogP contribution >= 0.6 is 34.5 Å². The fourth-order valence-electron chi connectivity index (χ4n) is 2.83. The summed E-state index contributed by atoms with van der Waals surface area (Å²) >= 11 is 13.5. The molecule has 2 heterocycles. The number of hydrogen-bond donors (Lipinski definition) is 1. The summed E-state index contributed by atoms with van der Waals surface area (Å²) in [5.41, 5.74) is 2.39. The Morgan fingerprint density at radius 3 is 2.68 bits per heavy atom. The van der Waals surface area contributed by atoms with Crippen LogP contribution in [0, 0.1) is 6.92 Å². The predicted octanol–water partition coefficient (Wildman–Crippen LogP) is 5.37. The minimum absolute atomic E-state index is 0.244. The highest BCUT2D eigenvalue weighted by Gasteiger charge is 2.17. The molecule has 3 aromatic rings. The number of aromatic nitrogens is 1. The van der Waals surface area contributed by atoms with E-state index in [0.717, 1.165) is 16.1 Å². The molecule has 8 heteroatoms. The maximum absolute atomic E-state index is 12.6. The molecule has 144 valence electrons. The van der Waals surface area contributed by atoms with Crippen molar-refractivity contribution in [3.05, 3.63) is 68.1 Å². The van der Waals surface area contributed by atoms with Crippen LogP contribution in [-0.4, -0.2) is 24.1 Å². The number of ether oxygens (including phenoxy) is 2. The standard InChI is InChI=1S/C20H16Cl2N2O3S/c1-11-18(9-12-2-4-14(21)15(22)8-12)28-20(23-11)24-19(25)13-3-5-16-17(10-13)27-7-6-26-16/h2-5,8,10H,6-7,9H2,1H3,(H,23,24,25). The van der Waals surface area contributed by atoms with Crippen LogP contribution in [0.4, 0.5) is 5.13 Å². The first-order valence-electron chi connectivity index (χ1n) is 8.61. The van der Waals surface area contributed by atoms with E-state index in [4.69, 9.17) is 32.7 Å². The van der Waals surface area contributed by atoms with E-state index >= 15 is 0 Å². The molecule has 1 aliphatic heterocycles. The van der Waals surface area contributed by atoms with E-state index in [2.05, 4.69) is 10.3 Å². The highest BCUT2D eigenvalue weighted by atomic mass is 35.5. The molecule has 1 aliphatic rings. The number of hydrogen-bond acceptors (Lipinski definition) is 5. The van der Waals surface area contributed by atoms with Gasteiger partial charge < -0.3 is 9.47 Å². The van der Waals surface area contributed by atoms with Crippen molar-refractivity contribution < 1.29 is 14.3 Å². The third-order valence-electron chi connectivity index (χ3n) is 4.27. The van der Waals surface area contributed by atoms with E-state index in [0.29, 0.717) is 51.9 Å². The van der Waals surface area contributed by atoms with Gasteiger partial charge in [0, 0.05) is 16.9 Å². The van der Waals surface area contributed by atoms with Crippen molar-refractivity contribution in [3.8, 4) is 11.5 Å². The van der Waals surface area contributed by atoms with Gasteiger partial charge >= 0.3 is 0 Å². The van der Waals surface area contributed by atoms with Gasteiger partial charge in [-0.15, -0.1) is 11.3 Å². The molecule has 0 spiro atoms. The summed E-state index contributed by atoms with van der Waals surface area (Å²) in [7, 11) is 0. The third kappa shape index (κ3) is 4.09. The lowest BCUT2D eigenvalue weighted by Gasteiger charge is -2.18. The second-order valence-corrected chi connectivity index (χ2v) is 8.16. The molecule has 1 aromatic heterocycles. The SMILES string of the molecule is Cc1nc(NC(=O)c2ccc3c(c2)OCCO3)sc1Cc1ccc(Cl)c(Cl)c1. The Kier molecular flexibility index (Phi) is 5.44. The number of nitrogens with one attached hydrogen (secondary N) is 1. The smallest absolute Gasteiger partial charge is 0.257 e. The number of aryl methyl sites for hydroxylation is 1. The molecule has 0 saturated heterocycles. The lowest BCUT2D eigenvalue weighted by atomic mass is 10.1. The molecule has 28 heavy (non-hydrogen) atoms. The molecule has 0 aliphatic carbocycles. The minimum Gasteiger partial charge on any atom is -0.486 e. The molecular formula is C20H16Cl2N2O3S. The normalized spacial score (nSPS) is 12.7. The van der Waals surface area contributed by atoms with Gasteiger partial charge in [-0.3, -0.25) is 10.1 Å². The van der Waals surface area contributed by atoms with Crippen LogP contribution in [0.25, 0.3) is 0 Å². The number of carbonyl (C=O) groups is 1. The van der Waals surface area contributed by atoms with Gasteiger partial charge in [-0.2, -0.15) is 0 Å². The van der Waals surface area contributed by atoms with E-state index in [9.17, 15) is 4.79 Å². The van der Waals surface area contributed by atoms with Crippen LogP contribution in [-0.2, 0) is 6.42 Å². The molecule has 4 rings (SSSR count). The molecule has 1 amide bonds. The third-order valence-corrected chi connectivity index (χ3v) is 6.08. The summed E-state index contributed by atoms with van der Waals surface area (Å²) < 4.78 is 11.0. The fourth-order valence-corrected chi connectivity index (χ4v) is 4.15. The number of anilines is 1. The van der Waals surface area contributed by atoms with Crippen LogP contribution in [0.15, 0.2) is 36.4 Å². The minimum atomic E-state index is -0.244. The van der Waals surface area contributed by atoms with E-state index in [1.807, 2.05) is 19.1 Å². The summed E-state index contributed by atoms with van der Waals surface area (Å²) in [5.74, 6) is 0.984. The van der Waals surface area contributed by atoms with E-state index in [1.54, 1.807) is 24.3 Å². The topological polar surface area (TPSA) is 60.5 Å². The second kappa shape index (κ2) is 7.99. The van der Waals surface area contributed by atoms with Crippen molar-refractivity contribution in [2.45, 2.75) is 13.3 Å². The number of fused-ring (bicyclic) bond motifs is 1. The maximum Gasteiger partial charge on any atom is 0.257 e. The molecule has 0 unspecified atom stereocenters. The lowest BCUT2D eigenvalue weighted by Crippen LogP contribution is -2.17. The first-order valence-corrected chi connectivity index (χ1v) is 10.2. The van der Waals surface area contributed by atoms with Gasteiger partial charge in [-0.1, -0.05) is 29.3 Å². The molecule has 0 saturated carbocycles. The highest BCUT2D eigenvalue weighted by molar-refractivity contribution is 7.15. The van der Waals surface area contributed by atoms with E-state index in [-0.39, 0.29) is 5.91 Å². The Balaban J connectivity index is 1.49. The first-order chi connectivity index (χ1) is 13.5. The molecule has 5 nitrogen and oxygen atoms in total. The van der Waals surface area contributed by atoms with Crippen LogP contribution in [0.3, 0.4) is 0 Å². The summed E-state index contributed by atoms with van der Waals surface area (Å²) in [6, 6.07) is 10.7. The van der Waals surface area contributed by atoms with Gasteiger partial charge in [0.1, 0.15) is 13.2 Å². The molecule has 0 atom stereocenters. The van der Waals surface area contributed by atoms with E-state index < -0.39 is 0 Å². The van der Waals surface area contributed by atoms with Crippen molar-refractivity contribution >= 4 is 45.6 Å². The molecule has 0 radical (unpaired) electrons. The first kappa shape index (κ1) is 19.1. The fraction of sp³-hybridized carbons (Fsp3) is 0.200. The average Bonchev–Trinajstić information content (AvgIpc) is 3.03. The molecule has 0 bridgehead atoms. The van der Waals surface area contributed by atoms with Crippen molar-refractivity contribution in [2.75, 3.05) is 18.5 Å². The summed E-state index contributed by atoms with van der Waals surface area (Å²) in [4.78, 5) is 18.1. The van der Waals surface area contributed by atoms with Crippen LogP contribution in [0.2, 0.25) is 10.0 Å². The maximum atomic E-state index is 12.6. The number of thiazole rings is 1. The summed E-state index contributed by atoms with van der Waals surface area (Å²) in [6.07, 6.45) is 0.667. The Labute approximate surface area is 176 Å². The number of halogens is 2. The van der Waals surface area contributed by atoms with Crippen molar-refractivity contribution in [1.29, 1.82) is 0 Å². The molecule has 0 fully saturated rings. The van der Waals surface area contributed by atoms with Gasteiger partial charge in [0.2, 0.25) is 0 Å². The summed E-state index contributed by atoms with van der Waals surface area (Å²) in [5, 5.41) is 4.45. The zero-order valence-corrected chi connectivity index (χ0v) is 17.2. The van der Waals surface area contributed by atoms with Crippen LogP contribution in [0.5, 0.6) is 11.5 Å². The van der Waals surface area contributed by atoms with Gasteiger partial charge in [-0.25, -0.2) is 4.98 Å². The quantitative estimate of drug-likeness (QED) is 0.599. The van der Waals surface area contributed by atoms with Gasteiger partial charge in [0.25, 0.3) is 5.91 Å². The van der Waals surface area contributed by atoms with Gasteiger partial charge in [0.05, 0.1) is 15.7 Å². The number of nitrogens with zero attached hydrogens (tertiary/aromatic N) is 1. The summed E-state index contributed by atoms with van der Waals surface area (Å²) in [6.45, 7) is 2.91. The molecular weight excluding hydrogens is 419 g/mol. The van der Waals surface area contributed by atoms with Crippen molar-refractivity contribution in [2.24, 2.45) is 0 Å². The zero-order valence-electron chi connectivity index (χ0n) is 14.9. The monoisotopic (exact) mass is 434 g/mol. The van der Waals surface area contributed by atoms with Crippen molar-refractivity contribution in [1.82, 2.24) is 4.98 Å². The predicted molar refractivity (Wildman–Crippen MR) is 112 cm³/mol. The van der Waals surface area contributed by atoms with Crippen LogP contribution < -0.4 is 14.8 Å². The van der Waals surface area contributed by atoms with E-state index in [1.165, 1.54) is 11.3 Å². The number of amides is 1. The Morgan fingerprint density at radius 2 is 1.89 bits per heavy atom. The Morgan fingerprint density at radius 1 is 1.11 bits per heavy atom. The van der Waals surface area contributed by atoms with Crippen molar-refractivity contribution in [3.63, 3.8) is 0 Å². The zero-order chi connectivity index (χ0) is 19.7. The highest BCUT2D eigenvalue weighted by Crippen LogP contribution is 2.32. The van der Waals surface area contributed by atoms with Crippen LogP contribution in [0.1, 0.15) is 26.5 Å². The Hall–Kier alpha value is -2.28. The second-order valence-electron chi connectivity index (χ2n) is 6.27. The number of benzene rings is 2. The number of carbonyl (C=O) groups excluding carboxylic acids is 1. The van der Waals surface area contributed by atoms with Gasteiger partial charge in [-0.05, 0) is 42.8 Å². The van der Waals surface area contributed by atoms with Gasteiger partial charge in [0.15, 0.2) is 16.6 Å². The molecule has 2 aromatic carbocycles.